The predicted octanol–water partition coefficient (Wildman–Crippen LogP) is 2.05. The lowest BCUT2D eigenvalue weighted by Crippen LogP contribution is -2.35. The fourth-order valence-electron chi connectivity index (χ4n) is 2.29. The predicted molar refractivity (Wildman–Crippen MR) is 98.0 cm³/mol. The number of nitrogens with zero attached hydrogens (tertiary/aromatic N) is 4. The zero-order valence-corrected chi connectivity index (χ0v) is 14.6. The molecule has 1 aromatic heterocycles. The average molecular weight is 381 g/mol. The number of hydrogen-bond acceptors (Lipinski definition) is 5. The Morgan fingerprint density at radius 2 is 1.93 bits per heavy atom. The third kappa shape index (κ3) is 4.29. The Morgan fingerprint density at radius 1 is 1.15 bits per heavy atom. The smallest absolute Gasteiger partial charge is 0.313 e. The van der Waals surface area contributed by atoms with Crippen molar-refractivity contribution in [2.24, 2.45) is 0 Å². The molecule has 2 aromatic carbocycles. The van der Waals surface area contributed by atoms with E-state index in [0.717, 1.165) is 5.69 Å². The summed E-state index contributed by atoms with van der Waals surface area (Å²) in [5, 5.41) is 21.7. The van der Waals surface area contributed by atoms with E-state index < -0.39 is 11.8 Å². The molecule has 2 amide bonds. The number of benzene rings is 2. The minimum atomic E-state index is -0.860. The summed E-state index contributed by atoms with van der Waals surface area (Å²) in [4.78, 5) is 24.1. The van der Waals surface area contributed by atoms with Crippen LogP contribution in [-0.4, -0.2) is 26.6 Å². The molecule has 0 bridgehead atoms. The molecule has 27 heavy (non-hydrogen) atoms. The highest BCUT2D eigenvalue weighted by molar-refractivity contribution is 6.39. The van der Waals surface area contributed by atoms with Crippen LogP contribution in [0.25, 0.3) is 5.69 Å². The van der Waals surface area contributed by atoms with Gasteiger partial charge in [-0.1, -0.05) is 29.8 Å². The van der Waals surface area contributed by atoms with E-state index in [1.807, 2.05) is 36.4 Å². The van der Waals surface area contributed by atoms with Gasteiger partial charge in [-0.2, -0.15) is 5.26 Å². The van der Waals surface area contributed by atoms with Gasteiger partial charge in [-0.15, -0.1) is 10.2 Å². The fraction of sp³-hybridized carbons (Fsp3) is 0.0556. The zero-order chi connectivity index (χ0) is 19.2. The van der Waals surface area contributed by atoms with Crippen molar-refractivity contribution in [3.63, 3.8) is 0 Å². The van der Waals surface area contributed by atoms with Crippen LogP contribution in [0.1, 0.15) is 11.4 Å². The van der Waals surface area contributed by atoms with Crippen LogP contribution in [0.4, 0.5) is 5.69 Å². The summed E-state index contributed by atoms with van der Waals surface area (Å²) >= 11 is 5.90. The fourth-order valence-corrected chi connectivity index (χ4v) is 2.52. The first-order valence-electron chi connectivity index (χ1n) is 7.81. The molecule has 0 radical (unpaired) electrons. The van der Waals surface area contributed by atoms with Crippen LogP contribution in [0.15, 0.2) is 54.9 Å². The van der Waals surface area contributed by atoms with E-state index in [1.165, 1.54) is 24.5 Å². The first-order valence-corrected chi connectivity index (χ1v) is 8.19. The second-order valence-electron chi connectivity index (χ2n) is 5.40. The summed E-state index contributed by atoms with van der Waals surface area (Å²) in [6, 6.07) is 15.6. The highest BCUT2D eigenvalue weighted by Gasteiger charge is 2.16. The van der Waals surface area contributed by atoms with Crippen molar-refractivity contribution in [1.29, 1.82) is 5.26 Å². The lowest BCUT2D eigenvalue weighted by atomic mass is 10.2. The van der Waals surface area contributed by atoms with Crippen LogP contribution in [0, 0.1) is 11.3 Å². The molecular weight excluding hydrogens is 368 g/mol. The Morgan fingerprint density at radius 3 is 2.63 bits per heavy atom. The van der Waals surface area contributed by atoms with Crippen LogP contribution < -0.4 is 10.6 Å². The maximum atomic E-state index is 12.0. The van der Waals surface area contributed by atoms with Gasteiger partial charge in [-0.05, 0) is 30.3 Å². The number of halogens is 1. The topological polar surface area (TPSA) is 113 Å². The monoisotopic (exact) mass is 380 g/mol. The minimum absolute atomic E-state index is 0.0231. The van der Waals surface area contributed by atoms with Crippen molar-refractivity contribution in [2.75, 3.05) is 5.32 Å². The van der Waals surface area contributed by atoms with E-state index in [1.54, 1.807) is 4.57 Å². The van der Waals surface area contributed by atoms with Gasteiger partial charge in [0, 0.05) is 11.4 Å². The molecule has 2 N–H and O–H groups in total. The molecule has 3 aromatic rings. The molecular formula is C18H13ClN6O2. The summed E-state index contributed by atoms with van der Waals surface area (Å²) in [5.41, 5.74) is 1.43. The number of para-hydroxylation sites is 1. The van der Waals surface area contributed by atoms with Crippen molar-refractivity contribution in [3.8, 4) is 11.8 Å². The number of nitrogens with one attached hydrogen (secondary N) is 2. The standard InChI is InChI=1S/C18H13ClN6O2/c19-15-8-13(7-6-12(15)9-20)23-18(27)17(26)21-10-16-24-22-11-25(16)14-4-2-1-3-5-14/h1-8,11H,10H2,(H,21,26)(H,23,27). The zero-order valence-electron chi connectivity index (χ0n) is 13.9. The van der Waals surface area contributed by atoms with Crippen molar-refractivity contribution in [2.45, 2.75) is 6.54 Å². The van der Waals surface area contributed by atoms with Crippen LogP contribution in [-0.2, 0) is 16.1 Å². The van der Waals surface area contributed by atoms with Gasteiger partial charge < -0.3 is 10.6 Å². The number of aromatic nitrogens is 3. The van der Waals surface area contributed by atoms with E-state index in [4.69, 9.17) is 16.9 Å². The third-order valence-corrected chi connectivity index (χ3v) is 3.93. The quantitative estimate of drug-likeness (QED) is 0.672. The van der Waals surface area contributed by atoms with Gasteiger partial charge in [0.1, 0.15) is 12.4 Å². The number of nitriles is 1. The Kier molecular flexibility index (Phi) is 5.44. The van der Waals surface area contributed by atoms with Gasteiger partial charge in [-0.3, -0.25) is 14.2 Å². The molecule has 0 aliphatic heterocycles. The number of hydrogen-bond donors (Lipinski definition) is 2. The molecule has 0 atom stereocenters. The van der Waals surface area contributed by atoms with E-state index >= 15 is 0 Å². The number of rotatable bonds is 4. The molecule has 3 rings (SSSR count). The first-order chi connectivity index (χ1) is 13.1. The van der Waals surface area contributed by atoms with E-state index in [-0.39, 0.29) is 17.1 Å². The Balaban J connectivity index is 1.62. The van der Waals surface area contributed by atoms with Crippen LogP contribution in [0.2, 0.25) is 5.02 Å². The molecule has 1 heterocycles. The summed E-state index contributed by atoms with van der Waals surface area (Å²) in [6.07, 6.45) is 1.52. The maximum absolute atomic E-state index is 12.0. The maximum Gasteiger partial charge on any atom is 0.313 e. The molecule has 0 aliphatic carbocycles. The molecule has 0 saturated heterocycles. The normalized spacial score (nSPS) is 10.1. The summed E-state index contributed by atoms with van der Waals surface area (Å²) < 4.78 is 1.71. The molecule has 9 heteroatoms. The molecule has 0 unspecified atom stereocenters. The SMILES string of the molecule is N#Cc1ccc(NC(=O)C(=O)NCc2nncn2-c2ccccc2)cc1Cl. The van der Waals surface area contributed by atoms with Gasteiger partial charge in [0.25, 0.3) is 0 Å². The first kappa shape index (κ1) is 18.1. The van der Waals surface area contributed by atoms with Crippen molar-refractivity contribution >= 4 is 29.1 Å². The van der Waals surface area contributed by atoms with Crippen molar-refractivity contribution in [3.05, 3.63) is 71.3 Å². The van der Waals surface area contributed by atoms with E-state index in [0.29, 0.717) is 11.5 Å². The molecule has 0 spiro atoms. The largest absolute Gasteiger partial charge is 0.341 e. The number of carbonyl (C=O) groups is 2. The molecule has 134 valence electrons. The number of carbonyl (C=O) groups excluding carboxylic acids is 2. The summed E-state index contributed by atoms with van der Waals surface area (Å²) in [6.45, 7) is 0.0231. The van der Waals surface area contributed by atoms with Gasteiger partial charge in [0.15, 0.2) is 5.82 Å². The molecule has 8 nitrogen and oxygen atoms in total. The molecule has 0 aliphatic rings. The minimum Gasteiger partial charge on any atom is -0.341 e. The van der Waals surface area contributed by atoms with Gasteiger partial charge in [0.2, 0.25) is 0 Å². The second-order valence-corrected chi connectivity index (χ2v) is 5.80. The lowest BCUT2D eigenvalue weighted by Gasteiger charge is -2.08. The van der Waals surface area contributed by atoms with Gasteiger partial charge in [-0.25, -0.2) is 0 Å². The van der Waals surface area contributed by atoms with Gasteiger partial charge in [0.05, 0.1) is 17.1 Å². The van der Waals surface area contributed by atoms with E-state index in [9.17, 15) is 9.59 Å². The second kappa shape index (κ2) is 8.12. The number of anilines is 1. The Labute approximate surface area is 159 Å². The third-order valence-electron chi connectivity index (χ3n) is 3.61. The van der Waals surface area contributed by atoms with Crippen molar-refractivity contribution in [1.82, 2.24) is 20.1 Å². The molecule has 0 saturated carbocycles. The van der Waals surface area contributed by atoms with Crippen LogP contribution >= 0.6 is 11.6 Å². The lowest BCUT2D eigenvalue weighted by molar-refractivity contribution is -0.136. The summed E-state index contributed by atoms with van der Waals surface area (Å²) in [5.74, 6) is -1.22. The van der Waals surface area contributed by atoms with Gasteiger partial charge >= 0.3 is 11.8 Å². The highest BCUT2D eigenvalue weighted by atomic mass is 35.5. The Hall–Kier alpha value is -3.70. The van der Waals surface area contributed by atoms with Crippen molar-refractivity contribution < 1.29 is 9.59 Å². The molecule has 0 fully saturated rings. The highest BCUT2D eigenvalue weighted by Crippen LogP contribution is 2.20. The number of amides is 2. The van der Waals surface area contributed by atoms with Crippen LogP contribution in [0.5, 0.6) is 0 Å². The Bertz CT molecular complexity index is 1030. The summed E-state index contributed by atoms with van der Waals surface area (Å²) in [7, 11) is 0. The van der Waals surface area contributed by atoms with E-state index in [2.05, 4.69) is 20.8 Å². The average Bonchev–Trinajstić information content (AvgIpc) is 3.15. The van der Waals surface area contributed by atoms with Crippen LogP contribution in [0.3, 0.4) is 0 Å².